The number of nitrogens with zero attached hydrogens (tertiary/aromatic N) is 4. The topological polar surface area (TPSA) is 139 Å². The zero-order chi connectivity index (χ0) is 29.9. The molecular formula is C30H42N8O2. The number of amides is 2. The van der Waals surface area contributed by atoms with Crippen LogP contribution in [0.1, 0.15) is 38.7 Å². The van der Waals surface area contributed by atoms with E-state index in [-0.39, 0.29) is 11.8 Å². The first-order valence-electron chi connectivity index (χ1n) is 13.2. The van der Waals surface area contributed by atoms with Crippen LogP contribution in [0, 0.1) is 23.2 Å². The zero-order valence-electron chi connectivity index (χ0n) is 24.3. The van der Waals surface area contributed by atoms with Gasteiger partial charge in [-0.2, -0.15) is 5.26 Å². The van der Waals surface area contributed by atoms with E-state index in [1.807, 2.05) is 25.9 Å². The number of nitrogens with two attached hydrogens (primary N) is 1. The van der Waals surface area contributed by atoms with Crippen molar-refractivity contribution in [1.82, 2.24) is 20.4 Å². The van der Waals surface area contributed by atoms with E-state index in [1.165, 1.54) is 17.2 Å². The second-order valence-electron chi connectivity index (χ2n) is 9.21. The van der Waals surface area contributed by atoms with Crippen molar-refractivity contribution in [1.29, 1.82) is 5.26 Å². The highest BCUT2D eigenvalue weighted by Crippen LogP contribution is 2.10. The Morgan fingerprint density at radius 3 is 2.52 bits per heavy atom. The Morgan fingerprint density at radius 1 is 1.23 bits per heavy atom. The van der Waals surface area contributed by atoms with Crippen LogP contribution in [0.3, 0.4) is 0 Å². The number of nitriles is 1. The largest absolute Gasteiger partial charge is 0.403 e. The lowest BCUT2D eigenvalue weighted by Crippen LogP contribution is -2.45. The van der Waals surface area contributed by atoms with Crippen LogP contribution in [0.15, 0.2) is 65.6 Å². The number of anilines is 1. The van der Waals surface area contributed by atoms with Gasteiger partial charge in [0.15, 0.2) is 0 Å². The van der Waals surface area contributed by atoms with E-state index < -0.39 is 6.04 Å². The lowest BCUT2D eigenvalue weighted by Gasteiger charge is -2.23. The monoisotopic (exact) mass is 546 g/mol. The number of rotatable bonds is 14. The van der Waals surface area contributed by atoms with E-state index in [2.05, 4.69) is 45.4 Å². The van der Waals surface area contributed by atoms with Crippen molar-refractivity contribution < 1.29 is 9.59 Å². The normalized spacial score (nSPS) is 12.2. The summed E-state index contributed by atoms with van der Waals surface area (Å²) in [7, 11) is 5.44. The van der Waals surface area contributed by atoms with Crippen molar-refractivity contribution >= 4 is 23.3 Å². The second-order valence-corrected chi connectivity index (χ2v) is 9.21. The first-order valence-corrected chi connectivity index (χ1v) is 13.2. The van der Waals surface area contributed by atoms with Gasteiger partial charge < -0.3 is 31.5 Å². The fraction of sp³-hybridized carbons (Fsp3) is 0.400. The van der Waals surface area contributed by atoms with Crippen molar-refractivity contribution in [2.75, 3.05) is 46.1 Å². The van der Waals surface area contributed by atoms with Crippen LogP contribution in [-0.2, 0) is 9.59 Å². The molecule has 10 heteroatoms. The van der Waals surface area contributed by atoms with Crippen LogP contribution in [0.2, 0.25) is 0 Å². The molecule has 0 aliphatic carbocycles. The van der Waals surface area contributed by atoms with Crippen LogP contribution in [0.4, 0.5) is 5.69 Å². The summed E-state index contributed by atoms with van der Waals surface area (Å²) >= 11 is 0. The third-order valence-electron chi connectivity index (χ3n) is 5.53. The van der Waals surface area contributed by atoms with E-state index in [9.17, 15) is 9.59 Å². The molecule has 0 spiro atoms. The van der Waals surface area contributed by atoms with Crippen LogP contribution in [0.5, 0.6) is 0 Å². The Bertz CT molecular complexity index is 1180. The molecule has 1 rings (SSSR count). The molecule has 40 heavy (non-hydrogen) atoms. The summed E-state index contributed by atoms with van der Waals surface area (Å²) in [5.74, 6) is 6.66. The van der Waals surface area contributed by atoms with E-state index in [1.54, 1.807) is 44.3 Å². The maximum absolute atomic E-state index is 12.5. The summed E-state index contributed by atoms with van der Waals surface area (Å²) < 4.78 is 0. The van der Waals surface area contributed by atoms with E-state index >= 15 is 0 Å². The number of hydrogen-bond acceptors (Lipinski definition) is 7. The van der Waals surface area contributed by atoms with E-state index in [0.29, 0.717) is 55.3 Å². The smallest absolute Gasteiger partial charge is 0.246 e. The molecule has 0 aliphatic rings. The molecule has 1 aromatic carbocycles. The summed E-state index contributed by atoms with van der Waals surface area (Å²) in [5.41, 5.74) is 7.71. The molecule has 2 amide bonds. The Balaban J connectivity index is 2.62. The fourth-order valence-corrected chi connectivity index (χ4v) is 3.11. The van der Waals surface area contributed by atoms with E-state index in [4.69, 9.17) is 11.0 Å². The van der Waals surface area contributed by atoms with Crippen LogP contribution in [0.25, 0.3) is 0 Å². The van der Waals surface area contributed by atoms with Gasteiger partial charge in [-0.15, -0.1) is 0 Å². The Kier molecular flexibility index (Phi) is 15.6. The molecule has 0 heterocycles. The summed E-state index contributed by atoms with van der Waals surface area (Å²) in [4.78, 5) is 32.6. The van der Waals surface area contributed by atoms with Gasteiger partial charge in [0.2, 0.25) is 11.8 Å². The molecule has 5 N–H and O–H groups in total. The molecule has 0 radical (unpaired) electrons. The van der Waals surface area contributed by atoms with Crippen molar-refractivity contribution in [2.45, 2.75) is 39.2 Å². The number of carbonyl (C=O) groups is 2. The van der Waals surface area contributed by atoms with Crippen molar-refractivity contribution in [3.05, 3.63) is 66.2 Å². The number of nitrogens with one attached hydrogen (secondary N) is 3. The Labute approximate surface area is 238 Å². The molecule has 10 nitrogen and oxygen atoms in total. The summed E-state index contributed by atoms with van der Waals surface area (Å²) in [6.07, 6.45) is 6.64. The maximum Gasteiger partial charge on any atom is 0.246 e. The maximum atomic E-state index is 12.5. The molecular weight excluding hydrogens is 504 g/mol. The van der Waals surface area contributed by atoms with Gasteiger partial charge in [0.05, 0.1) is 17.2 Å². The third kappa shape index (κ3) is 12.8. The first kappa shape index (κ1) is 33.5. The first-order chi connectivity index (χ1) is 19.1. The number of aliphatic imine (C=N–C) groups is 1. The second kappa shape index (κ2) is 18.7. The van der Waals surface area contributed by atoms with E-state index in [0.717, 1.165) is 12.1 Å². The predicted molar refractivity (Wildman–Crippen MR) is 162 cm³/mol. The average Bonchev–Trinajstić information content (AvgIpc) is 2.94. The number of carbonyl (C=O) groups excluding carboxylic acids is 2. The predicted octanol–water partition coefficient (Wildman–Crippen LogP) is 2.55. The van der Waals surface area contributed by atoms with Gasteiger partial charge >= 0.3 is 0 Å². The molecule has 0 aromatic heterocycles. The van der Waals surface area contributed by atoms with Gasteiger partial charge in [-0.3, -0.25) is 14.6 Å². The van der Waals surface area contributed by atoms with Crippen LogP contribution < -0.4 is 21.7 Å². The molecule has 1 atom stereocenters. The molecule has 214 valence electrons. The Morgan fingerprint density at radius 2 is 1.93 bits per heavy atom. The molecule has 0 saturated carbocycles. The third-order valence-corrected chi connectivity index (χ3v) is 5.53. The number of hydrogen-bond donors (Lipinski definition) is 4. The molecule has 0 bridgehead atoms. The van der Waals surface area contributed by atoms with Crippen molar-refractivity contribution in [3.8, 4) is 17.9 Å². The quantitative estimate of drug-likeness (QED) is 0.0925. The summed E-state index contributed by atoms with van der Waals surface area (Å²) in [6.45, 7) is 9.37. The highest BCUT2D eigenvalue weighted by Gasteiger charge is 2.20. The molecule has 0 unspecified atom stereocenters. The number of amidine groups is 1. The van der Waals surface area contributed by atoms with Gasteiger partial charge in [0.1, 0.15) is 17.7 Å². The lowest BCUT2D eigenvalue weighted by molar-refractivity contribution is -0.135. The molecule has 0 fully saturated rings. The zero-order valence-corrected chi connectivity index (χ0v) is 24.3. The SMILES string of the molecule is C=C(NC(=NCCC)/C(C#CCCCNC(=O)[C@H](C)N(C)C(=O)/C=C/CN(C)C)=C\N)Nc1ccc(C#N)cc1. The van der Waals surface area contributed by atoms with Gasteiger partial charge in [0.25, 0.3) is 0 Å². The molecule has 1 aromatic rings. The van der Waals surface area contributed by atoms with Crippen molar-refractivity contribution in [3.63, 3.8) is 0 Å². The van der Waals surface area contributed by atoms with Crippen LogP contribution in [-0.4, -0.2) is 74.3 Å². The Hall–Kier alpha value is -4.54. The minimum Gasteiger partial charge on any atom is -0.403 e. The minimum atomic E-state index is -0.594. The lowest BCUT2D eigenvalue weighted by atomic mass is 10.2. The average molecular weight is 547 g/mol. The highest BCUT2D eigenvalue weighted by atomic mass is 16.2. The molecule has 0 aliphatic heterocycles. The van der Waals surface area contributed by atoms with Gasteiger partial charge in [-0.05, 0) is 58.1 Å². The summed E-state index contributed by atoms with van der Waals surface area (Å²) in [6, 6.07) is 8.49. The van der Waals surface area contributed by atoms with Gasteiger partial charge in [-0.25, -0.2) is 0 Å². The van der Waals surface area contributed by atoms with Crippen LogP contribution >= 0.6 is 0 Å². The van der Waals surface area contributed by atoms with Gasteiger partial charge in [0, 0.05) is 51.1 Å². The molecule has 0 saturated heterocycles. The van der Waals surface area contributed by atoms with Gasteiger partial charge in [-0.1, -0.05) is 31.4 Å². The fourth-order valence-electron chi connectivity index (χ4n) is 3.11. The highest BCUT2D eigenvalue weighted by molar-refractivity contribution is 6.03. The standard InChI is InChI=1S/C30H42N8O2/c1-7-18-33-29(36-24(3)35-27-16-14-25(21-31)15-17-27)26(22-32)12-9-8-10-19-34-30(40)23(2)38(6)28(39)13-11-20-37(4)5/h11,13-17,22-23,35H,3,7-8,10,18-20,32H2,1-2,4-6H3,(H,33,36)(H,34,40)/b13-11+,26-22-/t23-/m0/s1. The number of benzene rings is 1. The summed E-state index contributed by atoms with van der Waals surface area (Å²) in [5, 5.41) is 18.1. The number of unbranched alkanes of at least 4 members (excludes halogenated alkanes) is 1. The minimum absolute atomic E-state index is 0.222. The number of likely N-dealkylation sites (N-methyl/N-ethyl adjacent to an activating group) is 2. The van der Waals surface area contributed by atoms with Crippen molar-refractivity contribution in [2.24, 2.45) is 10.7 Å².